The van der Waals surface area contributed by atoms with Crippen molar-refractivity contribution in [3.63, 3.8) is 0 Å². The Morgan fingerprint density at radius 3 is 2.71 bits per heavy atom. The number of hydrogen-bond donors (Lipinski definition) is 1. The quantitative estimate of drug-likeness (QED) is 0.786. The van der Waals surface area contributed by atoms with E-state index in [0.717, 1.165) is 30.6 Å². The summed E-state index contributed by atoms with van der Waals surface area (Å²) >= 11 is 0. The Labute approximate surface area is 168 Å². The number of aromatic nitrogens is 2. The zero-order valence-corrected chi connectivity index (χ0v) is 17.5. The van der Waals surface area contributed by atoms with Crippen molar-refractivity contribution in [3.8, 4) is 11.4 Å². The largest absolute Gasteiger partial charge is 0.356 e. The van der Waals surface area contributed by atoms with Crippen LogP contribution in [0.3, 0.4) is 0 Å². The van der Waals surface area contributed by atoms with Gasteiger partial charge in [0.25, 0.3) is 5.91 Å². The van der Waals surface area contributed by atoms with Crippen molar-refractivity contribution < 1.29 is 4.79 Å². The minimum absolute atomic E-state index is 0.0946. The van der Waals surface area contributed by atoms with E-state index < -0.39 is 0 Å². The fourth-order valence-electron chi connectivity index (χ4n) is 3.77. The molecule has 1 N–H and O–H groups in total. The van der Waals surface area contributed by atoms with Crippen molar-refractivity contribution >= 4 is 11.7 Å². The number of carbonyl (C=O) groups is 1. The van der Waals surface area contributed by atoms with Gasteiger partial charge in [-0.15, -0.1) is 0 Å². The fraction of sp³-hybridized carbons (Fsp3) is 0.522. The van der Waals surface area contributed by atoms with E-state index in [9.17, 15) is 4.79 Å². The van der Waals surface area contributed by atoms with Gasteiger partial charge in [0.2, 0.25) is 0 Å². The molecule has 0 saturated heterocycles. The van der Waals surface area contributed by atoms with Gasteiger partial charge in [0, 0.05) is 30.9 Å². The maximum Gasteiger partial charge on any atom is 0.256 e. The van der Waals surface area contributed by atoms with Crippen LogP contribution in [0.5, 0.6) is 0 Å². The Balaban J connectivity index is 1.99. The highest BCUT2D eigenvalue weighted by molar-refractivity contribution is 5.99. The molecule has 0 spiro atoms. The second-order valence-electron chi connectivity index (χ2n) is 7.99. The maximum atomic E-state index is 12.9. The van der Waals surface area contributed by atoms with Gasteiger partial charge in [-0.2, -0.15) is 0 Å². The summed E-state index contributed by atoms with van der Waals surface area (Å²) in [6, 6.07) is 8.72. The lowest BCUT2D eigenvalue weighted by Crippen LogP contribution is -2.38. The number of anilines is 1. The Bertz CT molecular complexity index is 814. The van der Waals surface area contributed by atoms with Crippen molar-refractivity contribution in [2.75, 3.05) is 11.9 Å². The smallest absolute Gasteiger partial charge is 0.256 e. The third kappa shape index (κ3) is 4.70. The maximum absolute atomic E-state index is 12.9. The minimum atomic E-state index is -0.0946. The molecule has 1 heterocycles. The standard InChI is InChI=1S/C23H32N4O/c1-5-17(3)25-23(28)20-15-24-21(18-11-9-10-16(2)14-18)26-22(20)27(4)19-12-7-6-8-13-19/h9-11,14-15,17,19H,5-8,12-13H2,1-4H3,(H,25,28)/t17-/m1/s1. The molecule has 1 saturated carbocycles. The van der Waals surface area contributed by atoms with Crippen LogP contribution in [0.15, 0.2) is 30.5 Å². The van der Waals surface area contributed by atoms with Crippen LogP contribution in [0.25, 0.3) is 11.4 Å². The lowest BCUT2D eigenvalue weighted by Gasteiger charge is -2.33. The van der Waals surface area contributed by atoms with Crippen molar-refractivity contribution in [3.05, 3.63) is 41.6 Å². The van der Waals surface area contributed by atoms with Gasteiger partial charge in [0.1, 0.15) is 11.4 Å². The molecule has 1 aliphatic rings. The van der Waals surface area contributed by atoms with Gasteiger partial charge in [-0.1, -0.05) is 49.9 Å². The molecule has 0 bridgehead atoms. The van der Waals surface area contributed by atoms with Crippen molar-refractivity contribution in [2.45, 2.75) is 71.4 Å². The average molecular weight is 381 g/mol. The van der Waals surface area contributed by atoms with E-state index in [1.807, 2.05) is 19.1 Å². The molecule has 1 atom stereocenters. The Morgan fingerprint density at radius 1 is 1.29 bits per heavy atom. The molecule has 1 aromatic heterocycles. The molecule has 5 nitrogen and oxygen atoms in total. The van der Waals surface area contributed by atoms with Crippen LogP contribution in [-0.4, -0.2) is 35.0 Å². The van der Waals surface area contributed by atoms with Crippen LogP contribution in [0.1, 0.15) is 68.3 Å². The highest BCUT2D eigenvalue weighted by Gasteiger charge is 2.25. The molecule has 1 fully saturated rings. The number of hydrogen-bond acceptors (Lipinski definition) is 4. The predicted molar refractivity (Wildman–Crippen MR) is 115 cm³/mol. The molecule has 1 aliphatic carbocycles. The van der Waals surface area contributed by atoms with E-state index in [0.29, 0.717) is 17.4 Å². The van der Waals surface area contributed by atoms with Gasteiger partial charge in [-0.3, -0.25) is 4.79 Å². The molecule has 0 aliphatic heterocycles. The summed E-state index contributed by atoms with van der Waals surface area (Å²) in [4.78, 5) is 24.5. The Hall–Kier alpha value is -2.43. The van der Waals surface area contributed by atoms with Gasteiger partial charge >= 0.3 is 0 Å². The first-order valence-electron chi connectivity index (χ1n) is 10.5. The van der Waals surface area contributed by atoms with Gasteiger partial charge < -0.3 is 10.2 Å². The second kappa shape index (κ2) is 9.18. The molecule has 1 amide bonds. The van der Waals surface area contributed by atoms with Crippen molar-refractivity contribution in [2.24, 2.45) is 0 Å². The zero-order valence-electron chi connectivity index (χ0n) is 17.5. The second-order valence-corrected chi connectivity index (χ2v) is 7.99. The third-order valence-corrected chi connectivity index (χ3v) is 5.74. The van der Waals surface area contributed by atoms with E-state index in [1.54, 1.807) is 6.20 Å². The molecule has 0 unspecified atom stereocenters. The Kier molecular flexibility index (Phi) is 6.65. The summed E-state index contributed by atoms with van der Waals surface area (Å²) < 4.78 is 0. The van der Waals surface area contributed by atoms with E-state index in [2.05, 4.69) is 48.2 Å². The molecular formula is C23H32N4O. The van der Waals surface area contributed by atoms with Crippen LogP contribution in [0.2, 0.25) is 0 Å². The first-order valence-corrected chi connectivity index (χ1v) is 10.5. The highest BCUT2D eigenvalue weighted by atomic mass is 16.1. The molecule has 0 radical (unpaired) electrons. The number of nitrogens with one attached hydrogen (secondary N) is 1. The van der Waals surface area contributed by atoms with Gasteiger partial charge in [-0.05, 0) is 39.2 Å². The SMILES string of the molecule is CC[C@@H](C)NC(=O)c1cnc(-c2cccc(C)c2)nc1N(C)C1CCCCC1. The summed E-state index contributed by atoms with van der Waals surface area (Å²) in [7, 11) is 2.07. The first-order chi connectivity index (χ1) is 13.5. The summed E-state index contributed by atoms with van der Waals surface area (Å²) in [5.74, 6) is 1.31. The van der Waals surface area contributed by atoms with Gasteiger partial charge in [0.05, 0.1) is 0 Å². The first kappa shape index (κ1) is 20.3. The molecular weight excluding hydrogens is 348 g/mol. The van der Waals surface area contributed by atoms with Gasteiger partial charge in [0.15, 0.2) is 5.82 Å². The van der Waals surface area contributed by atoms with E-state index in [1.165, 1.54) is 24.8 Å². The van der Waals surface area contributed by atoms with Crippen molar-refractivity contribution in [1.29, 1.82) is 0 Å². The number of aryl methyl sites for hydroxylation is 1. The number of carbonyl (C=O) groups excluding carboxylic acids is 1. The topological polar surface area (TPSA) is 58.1 Å². The normalized spacial score (nSPS) is 15.9. The molecule has 1 aromatic carbocycles. The monoisotopic (exact) mass is 380 g/mol. The van der Waals surface area contributed by atoms with E-state index >= 15 is 0 Å². The van der Waals surface area contributed by atoms with Crippen molar-refractivity contribution in [1.82, 2.24) is 15.3 Å². The van der Waals surface area contributed by atoms with Gasteiger partial charge in [-0.25, -0.2) is 9.97 Å². The summed E-state index contributed by atoms with van der Waals surface area (Å²) in [6.07, 6.45) is 8.64. The molecule has 3 rings (SSSR count). The number of nitrogens with zero attached hydrogens (tertiary/aromatic N) is 3. The predicted octanol–water partition coefficient (Wildman–Crippen LogP) is 4.75. The number of amides is 1. The van der Waals surface area contributed by atoms with Crippen LogP contribution in [0, 0.1) is 6.92 Å². The molecule has 28 heavy (non-hydrogen) atoms. The molecule has 150 valence electrons. The van der Waals surface area contributed by atoms with Crippen LogP contribution in [0.4, 0.5) is 5.82 Å². The minimum Gasteiger partial charge on any atom is -0.356 e. The summed E-state index contributed by atoms with van der Waals surface area (Å²) in [5, 5.41) is 3.07. The zero-order chi connectivity index (χ0) is 20.1. The summed E-state index contributed by atoms with van der Waals surface area (Å²) in [6.45, 7) is 6.15. The molecule has 2 aromatic rings. The van der Waals surface area contributed by atoms with Crippen LogP contribution in [-0.2, 0) is 0 Å². The number of rotatable bonds is 6. The summed E-state index contributed by atoms with van der Waals surface area (Å²) in [5.41, 5.74) is 2.71. The lowest BCUT2D eigenvalue weighted by atomic mass is 9.94. The fourth-order valence-corrected chi connectivity index (χ4v) is 3.77. The lowest BCUT2D eigenvalue weighted by molar-refractivity contribution is 0.0939. The average Bonchev–Trinajstić information content (AvgIpc) is 2.73. The van der Waals surface area contributed by atoms with E-state index in [-0.39, 0.29) is 11.9 Å². The van der Waals surface area contributed by atoms with Crippen LogP contribution < -0.4 is 10.2 Å². The van der Waals surface area contributed by atoms with Crippen LogP contribution >= 0.6 is 0 Å². The van der Waals surface area contributed by atoms with E-state index in [4.69, 9.17) is 4.98 Å². The highest BCUT2D eigenvalue weighted by Crippen LogP contribution is 2.29. The third-order valence-electron chi connectivity index (χ3n) is 5.74. The Morgan fingerprint density at radius 2 is 2.04 bits per heavy atom. The number of benzene rings is 1. The molecule has 5 heteroatoms.